The third-order valence-electron chi connectivity index (χ3n) is 4.51. The van der Waals surface area contributed by atoms with Gasteiger partial charge in [-0.3, -0.25) is 4.98 Å². The summed E-state index contributed by atoms with van der Waals surface area (Å²) in [4.78, 5) is 7.75. The van der Waals surface area contributed by atoms with E-state index in [2.05, 4.69) is 15.3 Å². The zero-order valence-corrected chi connectivity index (χ0v) is 15.2. The van der Waals surface area contributed by atoms with Crippen LogP contribution in [0.2, 0.25) is 5.15 Å². The Morgan fingerprint density at radius 3 is 2.67 bits per heavy atom. The molecular formula is C20H16ClF2N3O. The molecule has 0 unspecified atom stereocenters. The molecule has 0 radical (unpaired) electrons. The van der Waals surface area contributed by atoms with E-state index in [0.717, 1.165) is 18.4 Å². The van der Waals surface area contributed by atoms with Crippen molar-refractivity contribution in [1.82, 2.24) is 9.97 Å². The van der Waals surface area contributed by atoms with Crippen LogP contribution in [0.4, 0.5) is 20.2 Å². The molecule has 1 aliphatic rings. The van der Waals surface area contributed by atoms with Gasteiger partial charge in [-0.1, -0.05) is 17.7 Å². The van der Waals surface area contributed by atoms with Gasteiger partial charge in [-0.25, -0.2) is 9.37 Å². The van der Waals surface area contributed by atoms with Crippen molar-refractivity contribution in [2.75, 3.05) is 5.32 Å². The minimum absolute atomic E-state index is 0.0583. The molecule has 4 nitrogen and oxygen atoms in total. The number of hydrogen-bond donors (Lipinski definition) is 1. The molecule has 7 heteroatoms. The van der Waals surface area contributed by atoms with Gasteiger partial charge in [-0.2, -0.15) is 4.39 Å². The minimum Gasteiger partial charge on any atom is -0.452 e. The molecule has 1 aromatic carbocycles. The molecule has 1 saturated carbocycles. The zero-order valence-electron chi connectivity index (χ0n) is 14.5. The number of ether oxygens (including phenoxy) is 1. The number of benzene rings is 1. The van der Waals surface area contributed by atoms with Gasteiger partial charge in [0, 0.05) is 17.8 Å². The molecule has 2 heterocycles. The lowest BCUT2D eigenvalue weighted by Gasteiger charge is -2.14. The molecule has 138 valence electrons. The Labute approximate surface area is 160 Å². The maximum absolute atomic E-state index is 14.4. The fourth-order valence-corrected chi connectivity index (χ4v) is 2.93. The monoisotopic (exact) mass is 387 g/mol. The summed E-state index contributed by atoms with van der Waals surface area (Å²) in [6.45, 7) is 1.77. The fraction of sp³-hybridized carbons (Fsp3) is 0.200. The SMILES string of the molecule is Cc1c(Nc2ccc(C3CC3)cc2F)cncc1Oc1ccnc(Cl)c1F. The van der Waals surface area contributed by atoms with Crippen molar-refractivity contribution in [3.05, 3.63) is 70.8 Å². The first-order valence-electron chi connectivity index (χ1n) is 8.52. The number of pyridine rings is 2. The predicted octanol–water partition coefficient (Wildman–Crippen LogP) is 6.13. The van der Waals surface area contributed by atoms with E-state index in [0.29, 0.717) is 28.6 Å². The normalized spacial score (nSPS) is 13.5. The molecule has 0 atom stereocenters. The van der Waals surface area contributed by atoms with Crippen LogP contribution in [-0.2, 0) is 0 Å². The average Bonchev–Trinajstić information content (AvgIpc) is 3.49. The molecule has 0 aliphatic heterocycles. The van der Waals surface area contributed by atoms with Crippen LogP contribution in [0.5, 0.6) is 11.5 Å². The first kappa shape index (κ1) is 17.7. The second kappa shape index (κ2) is 7.12. The number of anilines is 2. The van der Waals surface area contributed by atoms with E-state index < -0.39 is 5.82 Å². The lowest BCUT2D eigenvalue weighted by molar-refractivity contribution is 0.436. The van der Waals surface area contributed by atoms with E-state index in [1.807, 2.05) is 6.07 Å². The predicted molar refractivity (Wildman–Crippen MR) is 99.9 cm³/mol. The van der Waals surface area contributed by atoms with Crippen LogP contribution in [0.15, 0.2) is 42.9 Å². The smallest absolute Gasteiger partial charge is 0.202 e. The molecule has 27 heavy (non-hydrogen) atoms. The molecule has 1 fully saturated rings. The molecule has 4 rings (SSSR count). The van der Waals surface area contributed by atoms with E-state index in [1.165, 1.54) is 18.5 Å². The lowest BCUT2D eigenvalue weighted by Crippen LogP contribution is -2.00. The van der Waals surface area contributed by atoms with Crippen LogP contribution < -0.4 is 10.1 Å². The summed E-state index contributed by atoms with van der Waals surface area (Å²) in [5.41, 5.74) is 2.59. The van der Waals surface area contributed by atoms with Gasteiger partial charge in [-0.05, 0) is 43.4 Å². The van der Waals surface area contributed by atoms with Crippen LogP contribution in [-0.4, -0.2) is 9.97 Å². The highest BCUT2D eigenvalue weighted by molar-refractivity contribution is 6.29. The Morgan fingerprint density at radius 1 is 1.11 bits per heavy atom. The van der Waals surface area contributed by atoms with Crippen LogP contribution in [0.25, 0.3) is 0 Å². The molecule has 1 aliphatic carbocycles. The molecule has 0 bridgehead atoms. The van der Waals surface area contributed by atoms with E-state index >= 15 is 0 Å². The maximum atomic E-state index is 14.4. The number of nitrogens with zero attached hydrogens (tertiary/aromatic N) is 2. The van der Waals surface area contributed by atoms with Gasteiger partial charge in [0.25, 0.3) is 0 Å². The van der Waals surface area contributed by atoms with Gasteiger partial charge in [0.1, 0.15) is 5.82 Å². The largest absolute Gasteiger partial charge is 0.452 e. The van der Waals surface area contributed by atoms with Crippen molar-refractivity contribution in [3.8, 4) is 11.5 Å². The number of halogens is 3. The molecule has 3 aromatic rings. The van der Waals surface area contributed by atoms with Gasteiger partial charge in [0.2, 0.25) is 5.82 Å². The Bertz CT molecular complexity index is 1010. The Morgan fingerprint density at radius 2 is 1.93 bits per heavy atom. The number of nitrogens with one attached hydrogen (secondary N) is 1. The van der Waals surface area contributed by atoms with Crippen molar-refractivity contribution < 1.29 is 13.5 Å². The van der Waals surface area contributed by atoms with E-state index in [4.69, 9.17) is 16.3 Å². The highest BCUT2D eigenvalue weighted by Crippen LogP contribution is 2.41. The third kappa shape index (κ3) is 3.71. The molecule has 0 saturated heterocycles. The summed E-state index contributed by atoms with van der Waals surface area (Å²) >= 11 is 5.68. The summed E-state index contributed by atoms with van der Waals surface area (Å²) in [5.74, 6) is -0.320. The minimum atomic E-state index is -0.751. The van der Waals surface area contributed by atoms with Crippen molar-refractivity contribution in [1.29, 1.82) is 0 Å². The maximum Gasteiger partial charge on any atom is 0.202 e. The summed E-state index contributed by atoms with van der Waals surface area (Å²) in [7, 11) is 0. The second-order valence-corrected chi connectivity index (χ2v) is 6.82. The lowest BCUT2D eigenvalue weighted by atomic mass is 10.1. The van der Waals surface area contributed by atoms with Crippen molar-refractivity contribution in [2.45, 2.75) is 25.7 Å². The second-order valence-electron chi connectivity index (χ2n) is 6.46. The van der Waals surface area contributed by atoms with E-state index in [9.17, 15) is 8.78 Å². The molecule has 1 N–H and O–H groups in total. The molecular weight excluding hydrogens is 372 g/mol. The van der Waals surface area contributed by atoms with Crippen LogP contribution in [0, 0.1) is 18.6 Å². The molecule has 0 amide bonds. The fourth-order valence-electron chi connectivity index (χ4n) is 2.78. The van der Waals surface area contributed by atoms with Crippen molar-refractivity contribution in [3.63, 3.8) is 0 Å². The van der Waals surface area contributed by atoms with Gasteiger partial charge in [-0.15, -0.1) is 0 Å². The summed E-state index contributed by atoms with van der Waals surface area (Å²) in [6, 6.07) is 6.59. The summed E-state index contributed by atoms with van der Waals surface area (Å²) < 4.78 is 34.0. The van der Waals surface area contributed by atoms with Gasteiger partial charge in [0.15, 0.2) is 16.7 Å². The first-order chi connectivity index (χ1) is 13.0. The van der Waals surface area contributed by atoms with Gasteiger partial charge < -0.3 is 10.1 Å². The van der Waals surface area contributed by atoms with Crippen LogP contribution in [0.1, 0.15) is 29.9 Å². The van der Waals surface area contributed by atoms with Gasteiger partial charge in [0.05, 0.1) is 23.8 Å². The third-order valence-corrected chi connectivity index (χ3v) is 4.77. The quantitative estimate of drug-likeness (QED) is 0.535. The number of hydrogen-bond acceptors (Lipinski definition) is 4. The topological polar surface area (TPSA) is 47.0 Å². The Kier molecular flexibility index (Phi) is 4.66. The van der Waals surface area contributed by atoms with E-state index in [1.54, 1.807) is 25.3 Å². The Hall–Kier alpha value is -2.73. The highest BCUT2D eigenvalue weighted by Gasteiger charge is 2.24. The van der Waals surface area contributed by atoms with E-state index in [-0.39, 0.29) is 16.7 Å². The number of aromatic nitrogens is 2. The molecule has 2 aromatic heterocycles. The Balaban J connectivity index is 1.59. The number of rotatable bonds is 5. The van der Waals surface area contributed by atoms with Crippen molar-refractivity contribution >= 4 is 23.0 Å². The standard InChI is InChI=1S/C20H16ClF2N3O/c1-11-16(26-15-5-4-13(8-14(15)22)12-2-3-12)9-24-10-18(11)27-17-6-7-25-20(21)19(17)23/h4-10,12,26H,2-3H2,1H3. The highest BCUT2D eigenvalue weighted by atomic mass is 35.5. The van der Waals surface area contributed by atoms with Crippen LogP contribution >= 0.6 is 11.6 Å². The molecule has 0 spiro atoms. The summed E-state index contributed by atoms with van der Waals surface area (Å²) in [5, 5.41) is 2.76. The zero-order chi connectivity index (χ0) is 19.0. The summed E-state index contributed by atoms with van der Waals surface area (Å²) in [6.07, 6.45) is 6.60. The van der Waals surface area contributed by atoms with Crippen molar-refractivity contribution in [2.24, 2.45) is 0 Å². The average molecular weight is 388 g/mol. The van der Waals surface area contributed by atoms with Gasteiger partial charge >= 0.3 is 0 Å². The first-order valence-corrected chi connectivity index (χ1v) is 8.89. The van der Waals surface area contributed by atoms with Crippen LogP contribution in [0.3, 0.4) is 0 Å².